The fraction of sp³-hybridized carbons (Fsp3) is 0.190. The molecular weight excluding hydrogens is 379 g/mol. The molecule has 1 amide bonds. The van der Waals surface area contributed by atoms with Gasteiger partial charge in [0.1, 0.15) is 11.5 Å². The second-order valence-corrected chi connectivity index (χ2v) is 7.18. The number of nitrogens with zero attached hydrogens (tertiary/aromatic N) is 4. The van der Waals surface area contributed by atoms with Gasteiger partial charge in [-0.3, -0.25) is 14.5 Å². The van der Waals surface area contributed by atoms with E-state index in [2.05, 4.69) is 11.6 Å². The molecule has 1 aromatic carbocycles. The number of pyridine rings is 1. The molecule has 142 valence electrons. The minimum atomic E-state index is -0.440. The van der Waals surface area contributed by atoms with Gasteiger partial charge in [0.15, 0.2) is 0 Å². The van der Waals surface area contributed by atoms with Crippen molar-refractivity contribution < 1.29 is 9.18 Å². The molecule has 0 saturated carbocycles. The summed E-state index contributed by atoms with van der Waals surface area (Å²) in [5.41, 5.74) is 3.39. The quantitative estimate of drug-likeness (QED) is 0.613. The van der Waals surface area contributed by atoms with Crippen LogP contribution in [0.5, 0.6) is 0 Å². The van der Waals surface area contributed by atoms with Crippen molar-refractivity contribution in [3.63, 3.8) is 0 Å². The largest absolute Gasteiger partial charge is 0.331 e. The van der Waals surface area contributed by atoms with Gasteiger partial charge in [0.2, 0.25) is 5.91 Å². The minimum absolute atomic E-state index is 0.0580. The number of benzene rings is 1. The number of rotatable bonds is 3. The number of carbonyl (C=O) groups is 1. The molecule has 0 aliphatic carbocycles. The first-order valence-electron chi connectivity index (χ1n) is 8.88. The van der Waals surface area contributed by atoms with Gasteiger partial charge in [-0.2, -0.15) is 5.10 Å². The van der Waals surface area contributed by atoms with Crippen LogP contribution in [-0.2, 0) is 11.3 Å². The average molecular weight is 397 g/mol. The van der Waals surface area contributed by atoms with Crippen molar-refractivity contribution in [2.75, 3.05) is 6.54 Å². The zero-order valence-corrected chi connectivity index (χ0v) is 16.0. The van der Waals surface area contributed by atoms with Gasteiger partial charge in [0, 0.05) is 35.1 Å². The van der Waals surface area contributed by atoms with E-state index in [9.17, 15) is 9.18 Å². The van der Waals surface area contributed by atoms with Crippen molar-refractivity contribution in [3.8, 4) is 22.4 Å². The Labute approximate surface area is 167 Å². The summed E-state index contributed by atoms with van der Waals surface area (Å²) in [7, 11) is 0. The van der Waals surface area contributed by atoms with Crippen LogP contribution in [0.1, 0.15) is 18.7 Å². The highest BCUT2D eigenvalue weighted by atomic mass is 35.5. The summed E-state index contributed by atoms with van der Waals surface area (Å²) in [5, 5.41) is 5.06. The fourth-order valence-electron chi connectivity index (χ4n) is 3.62. The molecule has 1 atom stereocenters. The van der Waals surface area contributed by atoms with Gasteiger partial charge < -0.3 is 4.90 Å². The lowest BCUT2D eigenvalue weighted by atomic mass is 9.98. The maximum Gasteiger partial charge on any atom is 0.246 e. The number of carbonyl (C=O) groups excluding carboxylic acids is 1. The summed E-state index contributed by atoms with van der Waals surface area (Å²) < 4.78 is 16.6. The van der Waals surface area contributed by atoms with Gasteiger partial charge in [-0.15, -0.1) is 0 Å². The predicted octanol–water partition coefficient (Wildman–Crippen LogP) is 4.49. The topological polar surface area (TPSA) is 51.0 Å². The van der Waals surface area contributed by atoms with Crippen LogP contribution < -0.4 is 0 Å². The molecule has 0 spiro atoms. The van der Waals surface area contributed by atoms with Gasteiger partial charge in [0.05, 0.1) is 18.3 Å². The Morgan fingerprint density at radius 3 is 2.75 bits per heavy atom. The van der Waals surface area contributed by atoms with Crippen LogP contribution in [0.25, 0.3) is 22.4 Å². The van der Waals surface area contributed by atoms with E-state index in [0.29, 0.717) is 29.4 Å². The van der Waals surface area contributed by atoms with Crippen LogP contribution in [0.3, 0.4) is 0 Å². The summed E-state index contributed by atoms with van der Waals surface area (Å²) >= 11 is 5.93. The van der Waals surface area contributed by atoms with Gasteiger partial charge in [-0.1, -0.05) is 18.2 Å². The Morgan fingerprint density at radius 1 is 1.32 bits per heavy atom. The van der Waals surface area contributed by atoms with E-state index < -0.39 is 5.82 Å². The van der Waals surface area contributed by atoms with Crippen molar-refractivity contribution in [3.05, 3.63) is 71.9 Å². The lowest BCUT2D eigenvalue weighted by Crippen LogP contribution is -2.39. The molecule has 0 fully saturated rings. The molecule has 4 rings (SSSR count). The fourth-order valence-corrected chi connectivity index (χ4v) is 3.77. The molecular formula is C21H18ClFN4O. The first kappa shape index (κ1) is 18.4. The molecule has 1 unspecified atom stereocenters. The minimum Gasteiger partial charge on any atom is -0.331 e. The Bertz CT molecular complexity index is 1060. The van der Waals surface area contributed by atoms with Gasteiger partial charge in [-0.25, -0.2) is 4.39 Å². The lowest BCUT2D eigenvalue weighted by Gasteiger charge is -2.32. The molecule has 5 nitrogen and oxygen atoms in total. The number of aromatic nitrogens is 3. The van der Waals surface area contributed by atoms with Crippen molar-refractivity contribution >= 4 is 17.5 Å². The number of amides is 1. The third-order valence-corrected chi connectivity index (χ3v) is 5.13. The molecule has 28 heavy (non-hydrogen) atoms. The Balaban J connectivity index is 1.96. The van der Waals surface area contributed by atoms with E-state index in [1.54, 1.807) is 29.4 Å². The number of hydrogen-bond donors (Lipinski definition) is 0. The first-order chi connectivity index (χ1) is 13.5. The third-order valence-electron chi connectivity index (χ3n) is 4.89. The van der Waals surface area contributed by atoms with Crippen molar-refractivity contribution in [2.24, 2.45) is 0 Å². The highest BCUT2D eigenvalue weighted by Gasteiger charge is 2.31. The van der Waals surface area contributed by atoms with Gasteiger partial charge in [0.25, 0.3) is 0 Å². The average Bonchev–Trinajstić information content (AvgIpc) is 3.07. The molecule has 0 bridgehead atoms. The molecule has 0 saturated heterocycles. The van der Waals surface area contributed by atoms with Crippen LogP contribution in [-0.4, -0.2) is 32.1 Å². The van der Waals surface area contributed by atoms with Crippen molar-refractivity contribution in [1.82, 2.24) is 19.7 Å². The van der Waals surface area contributed by atoms with E-state index in [0.717, 1.165) is 16.8 Å². The molecule has 2 aromatic heterocycles. The van der Waals surface area contributed by atoms with Crippen molar-refractivity contribution in [1.29, 1.82) is 0 Å². The zero-order chi connectivity index (χ0) is 19.8. The van der Waals surface area contributed by atoms with Crippen molar-refractivity contribution in [2.45, 2.75) is 19.5 Å². The maximum atomic E-state index is 14.7. The third kappa shape index (κ3) is 3.10. The summed E-state index contributed by atoms with van der Waals surface area (Å²) in [4.78, 5) is 18.0. The SMILES string of the molecule is C=CC(=O)N1Cc2c(-c3ccncc3)c(-c3ccc(Cl)cc3F)nn2C(C)C1. The molecule has 1 aliphatic rings. The number of hydrogen-bond acceptors (Lipinski definition) is 3. The predicted molar refractivity (Wildman–Crippen MR) is 106 cm³/mol. The van der Waals surface area contributed by atoms with Gasteiger partial charge >= 0.3 is 0 Å². The summed E-state index contributed by atoms with van der Waals surface area (Å²) in [6, 6.07) is 8.21. The Morgan fingerprint density at radius 2 is 2.07 bits per heavy atom. The Kier molecular flexibility index (Phi) is 4.73. The van der Waals surface area contributed by atoms with Crippen LogP contribution >= 0.6 is 11.6 Å². The smallest absolute Gasteiger partial charge is 0.246 e. The van der Waals surface area contributed by atoms with E-state index in [4.69, 9.17) is 16.7 Å². The van der Waals surface area contributed by atoms with Crippen LogP contribution in [0, 0.1) is 5.82 Å². The van der Waals surface area contributed by atoms with E-state index in [1.165, 1.54) is 12.1 Å². The maximum absolute atomic E-state index is 14.7. The highest BCUT2D eigenvalue weighted by Crippen LogP contribution is 2.39. The van der Waals surface area contributed by atoms with E-state index >= 15 is 0 Å². The second-order valence-electron chi connectivity index (χ2n) is 6.75. The van der Waals surface area contributed by atoms with E-state index in [-0.39, 0.29) is 11.9 Å². The van der Waals surface area contributed by atoms with E-state index in [1.807, 2.05) is 23.7 Å². The van der Waals surface area contributed by atoms with Crippen LogP contribution in [0.2, 0.25) is 5.02 Å². The second kappa shape index (κ2) is 7.20. The normalized spacial score (nSPS) is 16.0. The zero-order valence-electron chi connectivity index (χ0n) is 15.3. The molecule has 1 aliphatic heterocycles. The lowest BCUT2D eigenvalue weighted by molar-refractivity contribution is -0.127. The number of halogens is 2. The summed E-state index contributed by atoms with van der Waals surface area (Å²) in [6.45, 7) is 6.45. The Hall–Kier alpha value is -2.99. The highest BCUT2D eigenvalue weighted by molar-refractivity contribution is 6.30. The van der Waals surface area contributed by atoms with Crippen LogP contribution in [0.4, 0.5) is 4.39 Å². The molecule has 0 radical (unpaired) electrons. The van der Waals surface area contributed by atoms with Gasteiger partial charge in [-0.05, 0) is 48.9 Å². The standard InChI is InChI=1S/C21H18ClFN4O/c1-3-19(28)26-11-13(2)27-18(12-26)20(14-6-8-24-9-7-14)21(25-27)16-5-4-15(22)10-17(16)23/h3-10,13H,1,11-12H2,2H3. The summed E-state index contributed by atoms with van der Waals surface area (Å²) in [6.07, 6.45) is 4.67. The summed E-state index contributed by atoms with van der Waals surface area (Å²) in [5.74, 6) is -0.580. The monoisotopic (exact) mass is 396 g/mol. The first-order valence-corrected chi connectivity index (χ1v) is 9.26. The number of fused-ring (bicyclic) bond motifs is 1. The molecule has 3 heterocycles. The van der Waals surface area contributed by atoms with Crippen LogP contribution in [0.15, 0.2) is 55.4 Å². The molecule has 7 heteroatoms. The molecule has 3 aromatic rings. The molecule has 0 N–H and O–H groups in total.